The van der Waals surface area contributed by atoms with Gasteiger partial charge in [0, 0.05) is 24.6 Å². The van der Waals surface area contributed by atoms with E-state index < -0.39 is 0 Å². The van der Waals surface area contributed by atoms with Crippen LogP contribution in [0.15, 0.2) is 18.5 Å². The molecular weight excluding hydrogens is 162 g/mol. The number of nitrogens with one attached hydrogen (secondary N) is 1. The molecule has 1 aliphatic heterocycles. The van der Waals surface area contributed by atoms with Crippen molar-refractivity contribution in [2.24, 2.45) is 0 Å². The van der Waals surface area contributed by atoms with E-state index in [2.05, 4.69) is 28.2 Å². The topological polar surface area (TPSA) is 28.2 Å². The summed E-state index contributed by atoms with van der Waals surface area (Å²) in [6.07, 6.45) is 5.36. The summed E-state index contributed by atoms with van der Waals surface area (Å²) >= 11 is 0. The minimum absolute atomic E-state index is 0.406. The predicted molar refractivity (Wildman–Crippen MR) is 53.8 cm³/mol. The zero-order valence-electron chi connectivity index (χ0n) is 8.12. The SMILES string of the molecule is CNC(C)N1CCc2cnccc21. The van der Waals surface area contributed by atoms with Crippen LogP contribution in [0.5, 0.6) is 0 Å². The summed E-state index contributed by atoms with van der Waals surface area (Å²) in [6, 6.07) is 2.09. The summed E-state index contributed by atoms with van der Waals surface area (Å²) in [5.74, 6) is 0. The average molecular weight is 177 g/mol. The first-order chi connectivity index (χ1) is 6.33. The molecule has 1 atom stereocenters. The van der Waals surface area contributed by atoms with Crippen LogP contribution in [0.1, 0.15) is 12.5 Å². The van der Waals surface area contributed by atoms with Crippen molar-refractivity contribution in [2.45, 2.75) is 19.5 Å². The Labute approximate surface area is 78.8 Å². The Bertz CT molecular complexity index is 298. The van der Waals surface area contributed by atoms with Gasteiger partial charge in [0.1, 0.15) is 0 Å². The standard InChI is InChI=1S/C10H15N3/c1-8(11-2)13-6-4-9-7-12-5-3-10(9)13/h3,5,7-8,11H,4,6H2,1-2H3. The fourth-order valence-electron chi connectivity index (χ4n) is 1.81. The summed E-state index contributed by atoms with van der Waals surface area (Å²) in [4.78, 5) is 6.50. The van der Waals surface area contributed by atoms with Crippen LogP contribution in [-0.2, 0) is 6.42 Å². The fraction of sp³-hybridized carbons (Fsp3) is 0.500. The lowest BCUT2D eigenvalue weighted by molar-refractivity contribution is 0.578. The summed E-state index contributed by atoms with van der Waals surface area (Å²) in [6.45, 7) is 3.28. The normalized spacial score (nSPS) is 17.2. The van der Waals surface area contributed by atoms with Crippen molar-refractivity contribution < 1.29 is 0 Å². The summed E-state index contributed by atoms with van der Waals surface area (Å²) < 4.78 is 0. The lowest BCUT2D eigenvalue weighted by Gasteiger charge is -2.26. The number of aromatic nitrogens is 1. The van der Waals surface area contributed by atoms with Crippen molar-refractivity contribution in [2.75, 3.05) is 18.5 Å². The quantitative estimate of drug-likeness (QED) is 0.730. The number of anilines is 1. The Kier molecular flexibility index (Phi) is 2.19. The molecule has 3 nitrogen and oxygen atoms in total. The molecule has 0 spiro atoms. The van der Waals surface area contributed by atoms with Gasteiger partial charge in [-0.1, -0.05) is 0 Å². The molecule has 0 saturated heterocycles. The Hall–Kier alpha value is -1.09. The van der Waals surface area contributed by atoms with Gasteiger partial charge in [0.2, 0.25) is 0 Å². The maximum atomic E-state index is 4.13. The van der Waals surface area contributed by atoms with Gasteiger partial charge in [-0.25, -0.2) is 0 Å². The van der Waals surface area contributed by atoms with E-state index in [1.165, 1.54) is 11.3 Å². The average Bonchev–Trinajstić information content (AvgIpc) is 2.60. The molecule has 1 unspecified atom stereocenters. The first-order valence-electron chi connectivity index (χ1n) is 4.69. The Morgan fingerprint density at radius 1 is 1.62 bits per heavy atom. The second kappa shape index (κ2) is 3.34. The molecule has 70 valence electrons. The smallest absolute Gasteiger partial charge is 0.0765 e. The van der Waals surface area contributed by atoms with Gasteiger partial charge >= 0.3 is 0 Å². The second-order valence-corrected chi connectivity index (χ2v) is 3.41. The van der Waals surface area contributed by atoms with Crippen molar-refractivity contribution in [3.63, 3.8) is 0 Å². The molecule has 3 heteroatoms. The third kappa shape index (κ3) is 1.40. The highest BCUT2D eigenvalue weighted by atomic mass is 15.3. The molecule has 0 bridgehead atoms. The monoisotopic (exact) mass is 177 g/mol. The van der Waals surface area contributed by atoms with E-state index in [-0.39, 0.29) is 0 Å². The second-order valence-electron chi connectivity index (χ2n) is 3.41. The van der Waals surface area contributed by atoms with Crippen LogP contribution in [-0.4, -0.2) is 24.7 Å². The van der Waals surface area contributed by atoms with Gasteiger partial charge in [0.05, 0.1) is 6.17 Å². The molecule has 1 N–H and O–H groups in total. The molecule has 1 aromatic rings. The maximum Gasteiger partial charge on any atom is 0.0765 e. The highest BCUT2D eigenvalue weighted by molar-refractivity contribution is 5.57. The first-order valence-corrected chi connectivity index (χ1v) is 4.69. The molecule has 0 radical (unpaired) electrons. The third-order valence-corrected chi connectivity index (χ3v) is 2.69. The molecule has 13 heavy (non-hydrogen) atoms. The highest BCUT2D eigenvalue weighted by Gasteiger charge is 2.21. The van der Waals surface area contributed by atoms with Crippen LogP contribution in [0.4, 0.5) is 5.69 Å². The van der Waals surface area contributed by atoms with Gasteiger partial charge in [0.25, 0.3) is 0 Å². The van der Waals surface area contributed by atoms with E-state index in [0.29, 0.717) is 6.17 Å². The summed E-state index contributed by atoms with van der Waals surface area (Å²) in [5, 5.41) is 3.25. The largest absolute Gasteiger partial charge is 0.356 e. The Morgan fingerprint density at radius 3 is 3.23 bits per heavy atom. The number of hydrogen-bond donors (Lipinski definition) is 1. The van der Waals surface area contributed by atoms with Crippen LogP contribution in [0, 0.1) is 0 Å². The number of pyridine rings is 1. The van der Waals surface area contributed by atoms with Gasteiger partial charge in [0.15, 0.2) is 0 Å². The third-order valence-electron chi connectivity index (χ3n) is 2.69. The zero-order chi connectivity index (χ0) is 9.26. The molecule has 1 aliphatic rings. The molecular formula is C10H15N3. The van der Waals surface area contributed by atoms with Crippen molar-refractivity contribution in [3.8, 4) is 0 Å². The van der Waals surface area contributed by atoms with Gasteiger partial charge < -0.3 is 10.2 Å². The van der Waals surface area contributed by atoms with Crippen LogP contribution in [0.2, 0.25) is 0 Å². The van der Waals surface area contributed by atoms with Crippen molar-refractivity contribution in [1.82, 2.24) is 10.3 Å². The Morgan fingerprint density at radius 2 is 2.46 bits per heavy atom. The first kappa shape index (κ1) is 8.51. The zero-order valence-corrected chi connectivity index (χ0v) is 8.12. The molecule has 0 aromatic carbocycles. The van der Waals surface area contributed by atoms with E-state index in [0.717, 1.165) is 13.0 Å². The molecule has 2 rings (SSSR count). The van der Waals surface area contributed by atoms with Crippen LogP contribution >= 0.6 is 0 Å². The molecule has 0 fully saturated rings. The van der Waals surface area contributed by atoms with E-state index >= 15 is 0 Å². The Balaban J connectivity index is 2.28. The van der Waals surface area contributed by atoms with Crippen molar-refractivity contribution in [3.05, 3.63) is 24.0 Å². The molecule has 0 saturated carbocycles. The maximum absolute atomic E-state index is 4.13. The van der Waals surface area contributed by atoms with Gasteiger partial charge in [-0.05, 0) is 32.0 Å². The summed E-state index contributed by atoms with van der Waals surface area (Å²) in [7, 11) is 1.99. The van der Waals surface area contributed by atoms with E-state index in [4.69, 9.17) is 0 Å². The number of hydrogen-bond acceptors (Lipinski definition) is 3. The van der Waals surface area contributed by atoms with Gasteiger partial charge in [-0.2, -0.15) is 0 Å². The van der Waals surface area contributed by atoms with Crippen molar-refractivity contribution >= 4 is 5.69 Å². The lowest BCUT2D eigenvalue weighted by Crippen LogP contribution is -2.40. The highest BCUT2D eigenvalue weighted by Crippen LogP contribution is 2.27. The summed E-state index contributed by atoms with van der Waals surface area (Å²) in [5.41, 5.74) is 2.70. The predicted octanol–water partition coefficient (Wildman–Crippen LogP) is 1.01. The number of nitrogens with zero attached hydrogens (tertiary/aromatic N) is 2. The van der Waals surface area contributed by atoms with Crippen LogP contribution < -0.4 is 10.2 Å². The molecule has 0 aliphatic carbocycles. The van der Waals surface area contributed by atoms with E-state index in [1.807, 2.05) is 19.4 Å². The molecule has 0 amide bonds. The minimum Gasteiger partial charge on any atom is -0.356 e. The van der Waals surface area contributed by atoms with E-state index in [9.17, 15) is 0 Å². The van der Waals surface area contributed by atoms with Crippen LogP contribution in [0.3, 0.4) is 0 Å². The number of fused-ring (bicyclic) bond motifs is 1. The molecule has 2 heterocycles. The number of rotatable bonds is 2. The van der Waals surface area contributed by atoms with Crippen LogP contribution in [0.25, 0.3) is 0 Å². The van der Waals surface area contributed by atoms with Gasteiger partial charge in [-0.3, -0.25) is 4.98 Å². The lowest BCUT2D eigenvalue weighted by atomic mass is 10.2. The van der Waals surface area contributed by atoms with Crippen molar-refractivity contribution in [1.29, 1.82) is 0 Å². The molecule has 1 aromatic heterocycles. The van der Waals surface area contributed by atoms with Gasteiger partial charge in [-0.15, -0.1) is 0 Å². The van der Waals surface area contributed by atoms with E-state index in [1.54, 1.807) is 0 Å². The fourth-order valence-corrected chi connectivity index (χ4v) is 1.81. The minimum atomic E-state index is 0.406.